The van der Waals surface area contributed by atoms with Gasteiger partial charge < -0.3 is 0 Å². The first kappa shape index (κ1) is 20.8. The minimum absolute atomic E-state index is 0.175. The molecule has 31 heavy (non-hydrogen) atoms. The summed E-state index contributed by atoms with van der Waals surface area (Å²) in [4.78, 5) is 4.27. The number of benzene rings is 3. The van der Waals surface area contributed by atoms with Crippen LogP contribution in [0.4, 0.5) is 10.1 Å². The summed E-state index contributed by atoms with van der Waals surface area (Å²) in [7, 11) is -3.83. The molecule has 0 aliphatic heterocycles. The normalized spacial score (nSPS) is 11.3. The molecule has 0 spiro atoms. The molecule has 0 unspecified atom stereocenters. The van der Waals surface area contributed by atoms with Crippen LogP contribution in [0, 0.1) is 12.7 Å². The van der Waals surface area contributed by atoms with E-state index in [0.717, 1.165) is 22.3 Å². The van der Waals surface area contributed by atoms with Crippen LogP contribution in [-0.4, -0.2) is 13.4 Å². The monoisotopic (exact) mass is 432 g/mol. The second-order valence-corrected chi connectivity index (χ2v) is 9.10. The largest absolute Gasteiger partial charge is 0.264 e. The molecule has 3 aromatic carbocycles. The van der Waals surface area contributed by atoms with Gasteiger partial charge in [-0.2, -0.15) is 0 Å². The molecular formula is C25H21FN2O2S. The fraction of sp³-hybridized carbons (Fsp3) is 0.0800. The van der Waals surface area contributed by atoms with Gasteiger partial charge in [-0.05, 0) is 60.0 Å². The fourth-order valence-electron chi connectivity index (χ4n) is 3.26. The summed E-state index contributed by atoms with van der Waals surface area (Å²) >= 11 is 0. The van der Waals surface area contributed by atoms with Gasteiger partial charge in [0.2, 0.25) is 0 Å². The number of pyridine rings is 1. The molecule has 0 bridgehead atoms. The summed E-state index contributed by atoms with van der Waals surface area (Å²) in [5.41, 5.74) is 4.10. The molecule has 0 aliphatic carbocycles. The van der Waals surface area contributed by atoms with E-state index in [1.807, 2.05) is 31.2 Å². The minimum Gasteiger partial charge on any atom is -0.263 e. The van der Waals surface area contributed by atoms with Gasteiger partial charge in [0.05, 0.1) is 23.3 Å². The first-order valence-corrected chi connectivity index (χ1v) is 11.2. The Hall–Kier alpha value is -3.51. The van der Waals surface area contributed by atoms with Crippen molar-refractivity contribution in [2.75, 3.05) is 4.31 Å². The molecule has 4 aromatic rings. The van der Waals surface area contributed by atoms with Crippen molar-refractivity contribution < 1.29 is 12.8 Å². The Bertz CT molecular complexity index is 1260. The number of aromatic nitrogens is 1. The van der Waals surface area contributed by atoms with Crippen LogP contribution in [-0.2, 0) is 16.6 Å². The molecule has 0 fully saturated rings. The molecule has 4 nitrogen and oxygen atoms in total. The van der Waals surface area contributed by atoms with E-state index in [-0.39, 0.29) is 17.3 Å². The lowest BCUT2D eigenvalue weighted by atomic mass is 10.1. The minimum atomic E-state index is -3.83. The van der Waals surface area contributed by atoms with Gasteiger partial charge in [0, 0.05) is 6.20 Å². The van der Waals surface area contributed by atoms with Crippen molar-refractivity contribution in [2.45, 2.75) is 18.4 Å². The SMILES string of the molecule is Cc1ccc(CN(c2cccnc2)S(=O)(=O)c2ccc(-c3ccc(F)cc3)cc2)cc1. The molecule has 0 aliphatic rings. The van der Waals surface area contributed by atoms with E-state index in [2.05, 4.69) is 4.98 Å². The van der Waals surface area contributed by atoms with Gasteiger partial charge in [0.25, 0.3) is 10.0 Å². The van der Waals surface area contributed by atoms with Gasteiger partial charge in [0.15, 0.2) is 0 Å². The summed E-state index contributed by atoms with van der Waals surface area (Å²) in [5, 5.41) is 0. The maximum absolute atomic E-state index is 13.5. The van der Waals surface area contributed by atoms with Crippen LogP contribution in [0.2, 0.25) is 0 Å². The lowest BCUT2D eigenvalue weighted by Gasteiger charge is -2.24. The first-order chi connectivity index (χ1) is 14.9. The zero-order valence-corrected chi connectivity index (χ0v) is 17.8. The second kappa shape index (κ2) is 8.70. The molecule has 0 N–H and O–H groups in total. The van der Waals surface area contributed by atoms with E-state index in [4.69, 9.17) is 0 Å². The Morgan fingerprint density at radius 1 is 0.839 bits per heavy atom. The van der Waals surface area contributed by atoms with E-state index < -0.39 is 10.0 Å². The molecule has 0 atom stereocenters. The molecule has 6 heteroatoms. The third-order valence-corrected chi connectivity index (χ3v) is 6.79. The average molecular weight is 433 g/mol. The van der Waals surface area contributed by atoms with Crippen LogP contribution in [0.25, 0.3) is 11.1 Å². The number of sulfonamides is 1. The number of halogens is 1. The van der Waals surface area contributed by atoms with Crippen LogP contribution in [0.3, 0.4) is 0 Å². The molecule has 0 saturated heterocycles. The molecule has 1 heterocycles. The Balaban J connectivity index is 1.69. The van der Waals surface area contributed by atoms with E-state index in [1.54, 1.807) is 60.9 Å². The van der Waals surface area contributed by atoms with E-state index in [1.165, 1.54) is 16.4 Å². The van der Waals surface area contributed by atoms with Gasteiger partial charge in [0.1, 0.15) is 5.82 Å². The van der Waals surface area contributed by atoms with E-state index in [9.17, 15) is 12.8 Å². The highest BCUT2D eigenvalue weighted by Crippen LogP contribution is 2.27. The standard InChI is InChI=1S/C25H21FN2O2S/c1-19-4-6-20(7-5-19)18-28(24-3-2-16-27-17-24)31(29,30)25-14-10-22(11-15-25)21-8-12-23(26)13-9-21/h2-17H,18H2,1H3. The zero-order valence-electron chi connectivity index (χ0n) is 16.9. The lowest BCUT2D eigenvalue weighted by Crippen LogP contribution is -2.30. The summed E-state index contributed by atoms with van der Waals surface area (Å²) in [5.74, 6) is -0.314. The summed E-state index contributed by atoms with van der Waals surface area (Å²) in [6, 6.07) is 23.9. The number of aryl methyl sites for hydroxylation is 1. The zero-order chi connectivity index (χ0) is 21.8. The number of hydrogen-bond donors (Lipinski definition) is 0. The van der Waals surface area contributed by atoms with Crippen LogP contribution < -0.4 is 4.31 Å². The summed E-state index contributed by atoms with van der Waals surface area (Å²) < 4.78 is 41.6. The highest BCUT2D eigenvalue weighted by atomic mass is 32.2. The van der Waals surface area contributed by atoms with Crippen molar-refractivity contribution in [3.8, 4) is 11.1 Å². The van der Waals surface area contributed by atoms with Gasteiger partial charge in [-0.25, -0.2) is 12.8 Å². The third kappa shape index (κ3) is 4.64. The van der Waals surface area contributed by atoms with Crippen LogP contribution >= 0.6 is 0 Å². The Kier molecular flexibility index (Phi) is 5.82. The number of rotatable bonds is 6. The fourth-order valence-corrected chi connectivity index (χ4v) is 4.70. The molecule has 0 radical (unpaired) electrons. The second-order valence-electron chi connectivity index (χ2n) is 7.24. The highest BCUT2D eigenvalue weighted by molar-refractivity contribution is 7.92. The summed E-state index contributed by atoms with van der Waals surface area (Å²) in [6.07, 6.45) is 3.15. The molecular weight excluding hydrogens is 411 g/mol. The predicted octanol–water partition coefficient (Wildman–Crippen LogP) is 5.59. The third-order valence-electron chi connectivity index (χ3n) is 5.00. The maximum atomic E-state index is 13.5. The van der Waals surface area contributed by atoms with Crippen molar-refractivity contribution in [3.05, 3.63) is 114 Å². The Morgan fingerprint density at radius 2 is 1.45 bits per heavy atom. The molecule has 0 saturated carbocycles. The number of nitrogens with zero attached hydrogens (tertiary/aromatic N) is 2. The molecule has 0 amide bonds. The van der Waals surface area contributed by atoms with Crippen molar-refractivity contribution >= 4 is 15.7 Å². The van der Waals surface area contributed by atoms with Crippen molar-refractivity contribution in [3.63, 3.8) is 0 Å². The predicted molar refractivity (Wildman–Crippen MR) is 121 cm³/mol. The van der Waals surface area contributed by atoms with Crippen molar-refractivity contribution in [2.24, 2.45) is 0 Å². The maximum Gasteiger partial charge on any atom is 0.264 e. The number of anilines is 1. The molecule has 156 valence electrons. The van der Waals surface area contributed by atoms with Gasteiger partial charge >= 0.3 is 0 Å². The van der Waals surface area contributed by atoms with Crippen molar-refractivity contribution in [1.82, 2.24) is 4.98 Å². The van der Waals surface area contributed by atoms with Crippen molar-refractivity contribution in [1.29, 1.82) is 0 Å². The quantitative estimate of drug-likeness (QED) is 0.399. The smallest absolute Gasteiger partial charge is 0.263 e. The van der Waals surface area contributed by atoms with Gasteiger partial charge in [-0.3, -0.25) is 9.29 Å². The van der Waals surface area contributed by atoms with E-state index in [0.29, 0.717) is 5.69 Å². The van der Waals surface area contributed by atoms with Crippen LogP contribution in [0.15, 0.2) is 102 Å². The van der Waals surface area contributed by atoms with Gasteiger partial charge in [-0.15, -0.1) is 0 Å². The Morgan fingerprint density at radius 3 is 2.03 bits per heavy atom. The van der Waals surface area contributed by atoms with Gasteiger partial charge in [-0.1, -0.05) is 54.1 Å². The average Bonchev–Trinajstić information content (AvgIpc) is 2.80. The van der Waals surface area contributed by atoms with Crippen LogP contribution in [0.5, 0.6) is 0 Å². The van der Waals surface area contributed by atoms with E-state index >= 15 is 0 Å². The molecule has 1 aromatic heterocycles. The number of hydrogen-bond acceptors (Lipinski definition) is 3. The first-order valence-electron chi connectivity index (χ1n) is 9.78. The Labute approximate surface area is 181 Å². The van der Waals surface area contributed by atoms with Crippen LogP contribution in [0.1, 0.15) is 11.1 Å². The summed E-state index contributed by atoms with van der Waals surface area (Å²) in [6.45, 7) is 2.18. The lowest BCUT2D eigenvalue weighted by molar-refractivity contribution is 0.590. The highest BCUT2D eigenvalue weighted by Gasteiger charge is 2.25. The molecule has 4 rings (SSSR count). The topological polar surface area (TPSA) is 50.3 Å².